The number of aromatic nitrogens is 8. The van der Waals surface area contributed by atoms with Gasteiger partial charge in [0.05, 0.1) is 129 Å². The molecule has 2 aliphatic heterocycles. The van der Waals surface area contributed by atoms with Crippen molar-refractivity contribution in [3.05, 3.63) is 327 Å². The van der Waals surface area contributed by atoms with Crippen LogP contribution < -0.4 is 42.5 Å². The van der Waals surface area contributed by atoms with Crippen LogP contribution in [0.25, 0.3) is 89.7 Å². The zero-order valence-corrected chi connectivity index (χ0v) is 71.2. The molecule has 17 rings (SSSR count). The van der Waals surface area contributed by atoms with Crippen molar-refractivity contribution >= 4 is 182 Å². The predicted molar refractivity (Wildman–Crippen MR) is 505 cm³/mol. The normalized spacial score (nSPS) is 11.5. The molecule has 8 bridgehead atoms. The number of fused-ring (bicyclic) bond motifs is 20. The Bertz CT molecular complexity index is 5630. The van der Waals surface area contributed by atoms with E-state index in [1.54, 1.807) is 0 Å². The van der Waals surface area contributed by atoms with Crippen LogP contribution in [-0.2, 0) is 51.4 Å². The summed E-state index contributed by atoms with van der Waals surface area (Å²) in [6, 6.07) is 82.0. The Hall–Kier alpha value is -11.3. The number of hydrogen-bond donors (Lipinski definition) is 10. The first kappa shape index (κ1) is 81.1. The van der Waals surface area contributed by atoms with Gasteiger partial charge in [0.25, 0.3) is 0 Å². The third-order valence-corrected chi connectivity index (χ3v) is 24.6. The molecule has 2 aliphatic rings. The van der Waals surface area contributed by atoms with Gasteiger partial charge >= 0.3 is 0 Å². The van der Waals surface area contributed by atoms with Gasteiger partial charge in [-0.15, -0.1) is 0 Å². The van der Waals surface area contributed by atoms with Crippen LogP contribution in [0, 0.1) is 0 Å². The largest absolute Gasteiger partial charge is 0.382 e. The Morgan fingerprint density at radius 3 is 0.475 bits per heavy atom. The highest BCUT2D eigenvalue weighted by atomic mass is 35.5. The SMILES string of the molecule is Clc1c(NCCc2ccccc2)c(NCCc2ccccc2)c(Cl)c2c1-c1nc-2nc2[nH]c(nc3nc(nc4[nH]c(n1)c1c(Cl)c(NCCc5ccccc5)c(NCCc5ccccc5)c(Cl)c41)-c1c(Cl)c(NCCc4ccccc4)c(NCCc4ccccc4)c(Cl)c1-3)c1c(Cl)c(NCCc3ccccc3)c(NCCc3ccccc3)c(Cl)c21. The van der Waals surface area contributed by atoms with Crippen LogP contribution in [0.5, 0.6) is 0 Å². The van der Waals surface area contributed by atoms with Gasteiger partial charge in [0, 0.05) is 52.4 Å². The van der Waals surface area contributed by atoms with E-state index in [0.29, 0.717) is 193 Å². The highest BCUT2D eigenvalue weighted by molar-refractivity contribution is 6.50. The predicted octanol–water partition coefficient (Wildman–Crippen LogP) is 25.3. The van der Waals surface area contributed by atoms with Gasteiger partial charge in [-0.25, -0.2) is 29.9 Å². The van der Waals surface area contributed by atoms with Gasteiger partial charge in [-0.3, -0.25) is 0 Å². The minimum Gasteiger partial charge on any atom is -0.382 e. The molecule has 0 saturated carbocycles. The fraction of sp³-hybridized carbons (Fsp3) is 0.167. The molecule has 120 heavy (non-hydrogen) atoms. The van der Waals surface area contributed by atoms with E-state index < -0.39 is 0 Å². The van der Waals surface area contributed by atoms with Crippen LogP contribution in [0.2, 0.25) is 40.2 Å². The number of nitrogens with one attached hydrogen (secondary N) is 10. The Morgan fingerprint density at radius 2 is 0.325 bits per heavy atom. The summed E-state index contributed by atoms with van der Waals surface area (Å²) >= 11 is 65.5. The summed E-state index contributed by atoms with van der Waals surface area (Å²) < 4.78 is 0. The standard InChI is InChI=1S/C96H82Cl8N16/c97-73-65-66(74(98)82(106-50-42-58-27-11-2-12-28-58)81(73)105-49-41-57-25-9-1-10-26-57)90-113-89(65)117-91-67-68(76(100)84(108-52-44-60-31-15-4-16-32-60)83(75(67)99)107-51-43-59-29-13-3-14-30-59)93(114-91)119-95-71-72(80(104)88(112-56-48-64-39-23-8-24-40-64)87(79(71)103)111-55-47-63-37-21-7-22-38-63)96(116-95)120-94-70-69(92(115-94)118-90)77(101)85(109-53-45-61-33-17-5-18-34-61)86(78(70)102)110-54-46-62-35-19-6-20-36-62/h1-40,105-112H,41-56H2,(H2,113,114,115,116,117,118,119,120). The van der Waals surface area contributed by atoms with E-state index in [-0.39, 0.29) is 86.1 Å². The second-order valence-corrected chi connectivity index (χ2v) is 32.4. The van der Waals surface area contributed by atoms with Crippen LogP contribution in [0.1, 0.15) is 44.5 Å². The first-order valence-electron chi connectivity index (χ1n) is 40.1. The number of nitrogens with zero attached hydrogens (tertiary/aromatic N) is 6. The molecule has 0 aliphatic carbocycles. The maximum Gasteiger partial charge on any atom is 0.166 e. The van der Waals surface area contributed by atoms with Crippen LogP contribution in [0.3, 0.4) is 0 Å². The van der Waals surface area contributed by atoms with Crippen molar-refractivity contribution in [3.63, 3.8) is 0 Å². The molecule has 0 spiro atoms. The molecule has 5 heterocycles. The molecule has 10 N–H and O–H groups in total. The van der Waals surface area contributed by atoms with Crippen LogP contribution >= 0.6 is 92.8 Å². The van der Waals surface area contributed by atoms with Crippen molar-refractivity contribution in [1.82, 2.24) is 39.9 Å². The lowest BCUT2D eigenvalue weighted by Crippen LogP contribution is -2.12. The summed E-state index contributed by atoms with van der Waals surface area (Å²) in [4.78, 5) is 40.9. The Morgan fingerprint density at radius 1 is 0.183 bits per heavy atom. The maximum absolute atomic E-state index is 8.19. The van der Waals surface area contributed by atoms with Crippen molar-refractivity contribution in [2.45, 2.75) is 51.4 Å². The molecule has 0 amide bonds. The zero-order valence-electron chi connectivity index (χ0n) is 65.1. The van der Waals surface area contributed by atoms with Gasteiger partial charge in [-0.05, 0) is 95.9 Å². The van der Waals surface area contributed by atoms with E-state index in [2.05, 4.69) is 150 Å². The number of anilines is 8. The lowest BCUT2D eigenvalue weighted by molar-refractivity contribution is 1.01. The molecule has 0 unspecified atom stereocenters. The van der Waals surface area contributed by atoms with Crippen molar-refractivity contribution in [2.75, 3.05) is 94.9 Å². The molecule has 15 aromatic rings. The number of rotatable bonds is 32. The van der Waals surface area contributed by atoms with Crippen molar-refractivity contribution in [1.29, 1.82) is 0 Å². The Kier molecular flexibility index (Phi) is 25.4. The van der Waals surface area contributed by atoms with Crippen LogP contribution in [0.15, 0.2) is 243 Å². The molecule has 12 aromatic carbocycles. The fourth-order valence-corrected chi connectivity index (χ4v) is 18.3. The summed E-state index contributed by atoms with van der Waals surface area (Å²) in [5, 5.41) is 33.5. The van der Waals surface area contributed by atoms with E-state index in [1.165, 1.54) is 0 Å². The van der Waals surface area contributed by atoms with Gasteiger partial charge in [0.15, 0.2) is 23.3 Å². The van der Waals surface area contributed by atoms with E-state index in [1.807, 2.05) is 146 Å². The summed E-state index contributed by atoms with van der Waals surface area (Å²) in [7, 11) is 0. The summed E-state index contributed by atoms with van der Waals surface area (Å²) in [5.74, 6) is 0.447. The molecule has 3 aromatic heterocycles. The quantitative estimate of drug-likeness (QED) is 0.0191. The highest BCUT2D eigenvalue weighted by Crippen LogP contribution is 2.56. The molecule has 24 heteroatoms. The monoisotopic (exact) mass is 1740 g/mol. The number of benzene rings is 12. The molecule has 0 radical (unpaired) electrons. The van der Waals surface area contributed by atoms with Crippen molar-refractivity contribution < 1.29 is 0 Å². The third-order valence-electron chi connectivity index (χ3n) is 21.6. The fourth-order valence-electron chi connectivity index (χ4n) is 15.6. The van der Waals surface area contributed by atoms with Gasteiger partial charge in [-0.2, -0.15) is 0 Å². The average molecular weight is 1740 g/mol. The third kappa shape index (κ3) is 17.5. The summed E-state index contributed by atoms with van der Waals surface area (Å²) in [5.41, 5.74) is 15.4. The highest BCUT2D eigenvalue weighted by Gasteiger charge is 2.36. The topological polar surface area (TPSA) is 205 Å². The van der Waals surface area contributed by atoms with Crippen LogP contribution in [-0.4, -0.2) is 92.2 Å². The van der Waals surface area contributed by atoms with E-state index in [4.69, 9.17) is 123 Å². The number of hydrogen-bond acceptors (Lipinski definition) is 14. The molecule has 0 fully saturated rings. The molecular weight excluding hydrogens is 1660 g/mol. The van der Waals surface area contributed by atoms with E-state index in [0.717, 1.165) is 44.5 Å². The van der Waals surface area contributed by atoms with Crippen LogP contribution in [0.4, 0.5) is 45.5 Å². The van der Waals surface area contributed by atoms with Gasteiger partial charge < -0.3 is 52.5 Å². The molecule has 602 valence electrons. The van der Waals surface area contributed by atoms with E-state index >= 15 is 0 Å². The smallest absolute Gasteiger partial charge is 0.166 e. The number of halogens is 8. The van der Waals surface area contributed by atoms with Crippen molar-refractivity contribution in [2.24, 2.45) is 0 Å². The van der Waals surface area contributed by atoms with Gasteiger partial charge in [0.2, 0.25) is 0 Å². The molecule has 16 nitrogen and oxygen atoms in total. The number of H-pyrrole nitrogens is 2. The van der Waals surface area contributed by atoms with Gasteiger partial charge in [-0.1, -0.05) is 335 Å². The molecule has 0 saturated heterocycles. The minimum atomic E-state index is 0.112. The molecule has 0 atom stereocenters. The lowest BCUT2D eigenvalue weighted by atomic mass is 10.0. The zero-order chi connectivity index (χ0) is 82.0. The first-order chi connectivity index (χ1) is 58.9. The second-order valence-electron chi connectivity index (χ2n) is 29.4. The van der Waals surface area contributed by atoms with E-state index in [9.17, 15) is 0 Å². The van der Waals surface area contributed by atoms with Gasteiger partial charge in [0.1, 0.15) is 22.6 Å². The maximum atomic E-state index is 8.19. The molecular formula is C96H82Cl8N16. The summed E-state index contributed by atoms with van der Waals surface area (Å²) in [6.07, 6.45) is 5.17. The first-order valence-corrected chi connectivity index (χ1v) is 43.2. The van der Waals surface area contributed by atoms with Crippen molar-refractivity contribution in [3.8, 4) is 45.6 Å². The Labute approximate surface area is 735 Å². The Balaban J connectivity index is 0.969. The average Bonchev–Trinajstić information content (AvgIpc) is 1.56. The second kappa shape index (κ2) is 37.6. The minimum absolute atomic E-state index is 0.112. The summed E-state index contributed by atoms with van der Waals surface area (Å²) in [6.45, 7) is 3.69. The lowest BCUT2D eigenvalue weighted by Gasteiger charge is -2.20. The number of aromatic amines is 2.